The molecule has 1 aromatic heterocycles. The topological polar surface area (TPSA) is 51.5 Å². The van der Waals surface area contributed by atoms with Crippen LogP contribution in [-0.4, -0.2) is 23.3 Å². The van der Waals surface area contributed by atoms with Gasteiger partial charge in [0, 0.05) is 11.3 Å². The zero-order valence-corrected chi connectivity index (χ0v) is 11.4. The molecule has 0 radical (unpaired) electrons. The molecular weight excluding hydrogens is 284 g/mol. The third-order valence-electron chi connectivity index (χ3n) is 2.60. The lowest BCUT2D eigenvalue weighted by Gasteiger charge is -2.09. The maximum atomic E-state index is 11.9. The van der Waals surface area contributed by atoms with Gasteiger partial charge < -0.3 is 4.74 Å². The first-order valence-electron chi connectivity index (χ1n) is 5.57. The number of hydrogen-bond acceptors (Lipinski definition) is 4. The van der Waals surface area contributed by atoms with Gasteiger partial charge in [0.05, 0.1) is 24.4 Å². The second kappa shape index (κ2) is 4.96. The van der Waals surface area contributed by atoms with Crippen molar-refractivity contribution in [2.75, 3.05) is 6.61 Å². The largest absolute Gasteiger partial charge is 0.462 e. The van der Waals surface area contributed by atoms with Gasteiger partial charge in [-0.3, -0.25) is 4.99 Å². The van der Waals surface area contributed by atoms with Crippen molar-refractivity contribution in [1.82, 2.24) is 4.98 Å². The van der Waals surface area contributed by atoms with Crippen LogP contribution < -0.4 is 0 Å². The molecule has 0 aromatic carbocycles. The summed E-state index contributed by atoms with van der Waals surface area (Å²) in [7, 11) is 0. The van der Waals surface area contributed by atoms with Gasteiger partial charge in [-0.15, -0.1) is 0 Å². The van der Waals surface area contributed by atoms with E-state index in [-0.39, 0.29) is 5.97 Å². The van der Waals surface area contributed by atoms with Crippen molar-refractivity contribution in [2.45, 2.75) is 26.8 Å². The molecule has 4 nitrogen and oxygen atoms in total. The van der Waals surface area contributed by atoms with Gasteiger partial charge in [0.1, 0.15) is 4.60 Å². The molecule has 0 fully saturated rings. The summed E-state index contributed by atoms with van der Waals surface area (Å²) in [4.78, 5) is 20.6. The number of ether oxygens (including phenoxy) is 1. The molecule has 2 rings (SSSR count). The molecule has 0 amide bonds. The SMILES string of the molecule is CCOC(=O)c1cc(Br)nc2c1C(CC)=NC2. The third kappa shape index (κ3) is 2.24. The molecule has 5 heteroatoms. The van der Waals surface area contributed by atoms with Gasteiger partial charge in [-0.25, -0.2) is 9.78 Å². The van der Waals surface area contributed by atoms with Gasteiger partial charge in [0.2, 0.25) is 0 Å². The van der Waals surface area contributed by atoms with Gasteiger partial charge in [-0.05, 0) is 35.3 Å². The first kappa shape index (κ1) is 12.2. The lowest BCUT2D eigenvalue weighted by atomic mass is 10.0. The molecule has 2 heterocycles. The van der Waals surface area contributed by atoms with Crippen LogP contribution in [0.1, 0.15) is 41.9 Å². The number of fused-ring (bicyclic) bond motifs is 1. The summed E-state index contributed by atoms with van der Waals surface area (Å²) < 4.78 is 5.70. The van der Waals surface area contributed by atoms with E-state index >= 15 is 0 Å². The Balaban J connectivity index is 2.51. The van der Waals surface area contributed by atoms with Crippen LogP contribution in [0.4, 0.5) is 0 Å². The molecule has 0 aliphatic carbocycles. The summed E-state index contributed by atoms with van der Waals surface area (Å²) in [5.41, 5.74) is 3.19. The Kier molecular flexibility index (Phi) is 3.57. The number of nitrogens with zero attached hydrogens (tertiary/aromatic N) is 2. The van der Waals surface area contributed by atoms with Crippen molar-refractivity contribution in [1.29, 1.82) is 0 Å². The minimum absolute atomic E-state index is 0.310. The number of aromatic nitrogens is 1. The molecule has 0 atom stereocenters. The molecule has 1 aliphatic rings. The van der Waals surface area contributed by atoms with Gasteiger partial charge in [0.15, 0.2) is 0 Å². The summed E-state index contributed by atoms with van der Waals surface area (Å²) in [6, 6.07) is 1.70. The van der Waals surface area contributed by atoms with E-state index in [1.54, 1.807) is 13.0 Å². The number of rotatable bonds is 3. The molecule has 0 saturated carbocycles. The van der Waals surface area contributed by atoms with Crippen LogP contribution >= 0.6 is 15.9 Å². The van der Waals surface area contributed by atoms with Crippen molar-refractivity contribution >= 4 is 27.6 Å². The highest BCUT2D eigenvalue weighted by atomic mass is 79.9. The molecule has 1 aliphatic heterocycles. The Morgan fingerprint density at radius 3 is 2.94 bits per heavy atom. The van der Waals surface area contributed by atoms with Gasteiger partial charge in [-0.2, -0.15) is 0 Å². The van der Waals surface area contributed by atoms with E-state index < -0.39 is 0 Å². The number of halogens is 1. The van der Waals surface area contributed by atoms with Crippen molar-refractivity contribution in [3.05, 3.63) is 27.5 Å². The molecule has 90 valence electrons. The van der Waals surface area contributed by atoms with E-state index in [1.165, 1.54) is 0 Å². The van der Waals surface area contributed by atoms with Crippen molar-refractivity contribution in [3.8, 4) is 0 Å². The highest BCUT2D eigenvalue weighted by Gasteiger charge is 2.24. The van der Waals surface area contributed by atoms with Crippen LogP contribution in [0.3, 0.4) is 0 Å². The zero-order chi connectivity index (χ0) is 12.4. The van der Waals surface area contributed by atoms with E-state index in [9.17, 15) is 4.79 Å². The van der Waals surface area contributed by atoms with Crippen LogP contribution in [0.15, 0.2) is 15.7 Å². The van der Waals surface area contributed by atoms with Gasteiger partial charge in [0.25, 0.3) is 0 Å². The van der Waals surface area contributed by atoms with E-state index in [4.69, 9.17) is 4.74 Å². The molecule has 1 aromatic rings. The number of carbonyl (C=O) groups is 1. The Morgan fingerprint density at radius 1 is 1.53 bits per heavy atom. The van der Waals surface area contributed by atoms with Crippen LogP contribution in [0.5, 0.6) is 0 Å². The zero-order valence-electron chi connectivity index (χ0n) is 9.79. The van der Waals surface area contributed by atoms with Gasteiger partial charge >= 0.3 is 5.97 Å². The molecule has 17 heavy (non-hydrogen) atoms. The lowest BCUT2D eigenvalue weighted by Crippen LogP contribution is -2.13. The Bertz CT molecular complexity index is 498. The smallest absolute Gasteiger partial charge is 0.338 e. The average Bonchev–Trinajstić information content (AvgIpc) is 2.70. The van der Waals surface area contributed by atoms with Crippen molar-refractivity contribution in [2.24, 2.45) is 4.99 Å². The number of aliphatic imine (C=N–C) groups is 1. The fourth-order valence-electron chi connectivity index (χ4n) is 1.91. The summed E-state index contributed by atoms with van der Waals surface area (Å²) >= 11 is 3.31. The number of esters is 1. The minimum Gasteiger partial charge on any atom is -0.462 e. The van der Waals surface area contributed by atoms with E-state index in [0.29, 0.717) is 23.3 Å². The van der Waals surface area contributed by atoms with E-state index in [2.05, 4.69) is 25.9 Å². The molecule has 0 N–H and O–H groups in total. The highest BCUT2D eigenvalue weighted by Crippen LogP contribution is 2.26. The van der Waals surface area contributed by atoms with Crippen molar-refractivity contribution in [3.63, 3.8) is 0 Å². The lowest BCUT2D eigenvalue weighted by molar-refractivity contribution is 0.0526. The summed E-state index contributed by atoms with van der Waals surface area (Å²) in [6.07, 6.45) is 0.794. The second-order valence-corrected chi connectivity index (χ2v) is 4.46. The Labute approximate surface area is 108 Å². The molecule has 0 saturated heterocycles. The monoisotopic (exact) mass is 296 g/mol. The van der Waals surface area contributed by atoms with Crippen LogP contribution in [-0.2, 0) is 11.3 Å². The number of hydrogen-bond donors (Lipinski definition) is 0. The first-order chi connectivity index (χ1) is 8.17. The van der Waals surface area contributed by atoms with E-state index in [0.717, 1.165) is 23.4 Å². The standard InChI is InChI=1S/C12H13BrN2O2/c1-3-8-11-7(12(16)17-4-2)5-10(13)15-9(11)6-14-8/h5H,3-4,6H2,1-2H3. The second-order valence-electron chi connectivity index (χ2n) is 3.65. The predicted molar refractivity (Wildman–Crippen MR) is 68.4 cm³/mol. The first-order valence-corrected chi connectivity index (χ1v) is 6.36. The maximum Gasteiger partial charge on any atom is 0.338 e. The average molecular weight is 297 g/mol. The fraction of sp³-hybridized carbons (Fsp3) is 0.417. The third-order valence-corrected chi connectivity index (χ3v) is 3.01. The molecule has 0 unspecified atom stereocenters. The highest BCUT2D eigenvalue weighted by molar-refractivity contribution is 9.10. The molecule has 0 bridgehead atoms. The van der Waals surface area contributed by atoms with E-state index in [1.807, 2.05) is 6.92 Å². The molecule has 0 spiro atoms. The van der Waals surface area contributed by atoms with Gasteiger partial charge in [-0.1, -0.05) is 6.92 Å². The summed E-state index contributed by atoms with van der Waals surface area (Å²) in [5.74, 6) is -0.310. The summed E-state index contributed by atoms with van der Waals surface area (Å²) in [6.45, 7) is 4.73. The summed E-state index contributed by atoms with van der Waals surface area (Å²) in [5, 5.41) is 0. The Morgan fingerprint density at radius 2 is 2.29 bits per heavy atom. The minimum atomic E-state index is -0.310. The van der Waals surface area contributed by atoms with Crippen LogP contribution in [0.2, 0.25) is 0 Å². The predicted octanol–water partition coefficient (Wildman–Crippen LogP) is 2.73. The Hall–Kier alpha value is -1.23. The van der Waals surface area contributed by atoms with Crippen LogP contribution in [0.25, 0.3) is 0 Å². The van der Waals surface area contributed by atoms with Crippen LogP contribution in [0, 0.1) is 0 Å². The quantitative estimate of drug-likeness (QED) is 0.636. The molecular formula is C12H13BrN2O2. The number of carbonyl (C=O) groups excluding carboxylic acids is 1. The maximum absolute atomic E-state index is 11.9. The fourth-order valence-corrected chi connectivity index (χ4v) is 2.35. The normalized spacial score (nSPS) is 13.2. The van der Waals surface area contributed by atoms with Crippen molar-refractivity contribution < 1.29 is 9.53 Å². The number of pyridine rings is 1.